The van der Waals surface area contributed by atoms with Crippen LogP contribution in [0.3, 0.4) is 0 Å². The van der Waals surface area contributed by atoms with E-state index in [1.54, 1.807) is 24.3 Å². The summed E-state index contributed by atoms with van der Waals surface area (Å²) < 4.78 is 0.689. The molecule has 0 aliphatic heterocycles. The highest BCUT2D eigenvalue weighted by molar-refractivity contribution is 9.10. The SMILES string of the molecule is Cc1ccc(NC(=O)C(=O)Nc2cccc(Cl)c2Cl)c(Br)c1. The highest BCUT2D eigenvalue weighted by Gasteiger charge is 2.17. The van der Waals surface area contributed by atoms with E-state index < -0.39 is 11.8 Å². The van der Waals surface area contributed by atoms with Crippen molar-refractivity contribution in [1.29, 1.82) is 0 Å². The van der Waals surface area contributed by atoms with Gasteiger partial charge >= 0.3 is 11.8 Å². The van der Waals surface area contributed by atoms with Gasteiger partial charge in [0.25, 0.3) is 0 Å². The van der Waals surface area contributed by atoms with E-state index in [2.05, 4.69) is 26.6 Å². The molecule has 0 aliphatic carbocycles. The van der Waals surface area contributed by atoms with E-state index in [0.29, 0.717) is 15.2 Å². The summed E-state index contributed by atoms with van der Waals surface area (Å²) in [5.41, 5.74) is 1.81. The molecule has 22 heavy (non-hydrogen) atoms. The molecule has 0 bridgehead atoms. The first-order valence-electron chi connectivity index (χ1n) is 6.21. The molecule has 0 spiro atoms. The number of carbonyl (C=O) groups excluding carboxylic acids is 2. The third-order valence-electron chi connectivity index (χ3n) is 2.78. The first-order chi connectivity index (χ1) is 10.4. The Bertz CT molecular complexity index is 750. The Hall–Kier alpha value is -1.56. The maximum absolute atomic E-state index is 11.9. The highest BCUT2D eigenvalue weighted by Crippen LogP contribution is 2.29. The fourth-order valence-electron chi connectivity index (χ4n) is 1.68. The minimum Gasteiger partial charge on any atom is -0.317 e. The van der Waals surface area contributed by atoms with Crippen molar-refractivity contribution in [1.82, 2.24) is 0 Å². The molecule has 2 rings (SSSR count). The van der Waals surface area contributed by atoms with Crippen molar-refractivity contribution in [3.63, 3.8) is 0 Å². The molecule has 0 unspecified atom stereocenters. The fourth-order valence-corrected chi connectivity index (χ4v) is 2.62. The van der Waals surface area contributed by atoms with Gasteiger partial charge in [0.2, 0.25) is 0 Å². The number of nitrogens with one attached hydrogen (secondary N) is 2. The number of benzene rings is 2. The molecular weight excluding hydrogens is 391 g/mol. The number of hydrogen-bond donors (Lipinski definition) is 2. The fraction of sp³-hybridized carbons (Fsp3) is 0.0667. The smallest absolute Gasteiger partial charge is 0.314 e. The van der Waals surface area contributed by atoms with Crippen LogP contribution in [0, 0.1) is 6.92 Å². The predicted molar refractivity (Wildman–Crippen MR) is 92.6 cm³/mol. The van der Waals surface area contributed by atoms with Gasteiger partial charge in [-0.2, -0.15) is 0 Å². The first kappa shape index (κ1) is 16.8. The Kier molecular flexibility index (Phi) is 5.45. The van der Waals surface area contributed by atoms with Crippen LogP contribution in [-0.2, 0) is 9.59 Å². The third kappa shape index (κ3) is 4.00. The molecule has 0 radical (unpaired) electrons. The van der Waals surface area contributed by atoms with Crippen LogP contribution >= 0.6 is 39.1 Å². The lowest BCUT2D eigenvalue weighted by Gasteiger charge is -2.10. The van der Waals surface area contributed by atoms with Gasteiger partial charge in [-0.05, 0) is 52.7 Å². The van der Waals surface area contributed by atoms with Gasteiger partial charge < -0.3 is 10.6 Å². The average molecular weight is 402 g/mol. The van der Waals surface area contributed by atoms with Crippen LogP contribution in [-0.4, -0.2) is 11.8 Å². The van der Waals surface area contributed by atoms with E-state index in [1.807, 2.05) is 19.1 Å². The molecule has 0 aliphatic rings. The summed E-state index contributed by atoms with van der Waals surface area (Å²) in [6.07, 6.45) is 0. The van der Waals surface area contributed by atoms with Gasteiger partial charge in [-0.1, -0.05) is 35.3 Å². The van der Waals surface area contributed by atoms with Crippen LogP contribution in [0.25, 0.3) is 0 Å². The second-order valence-corrected chi connectivity index (χ2v) is 6.13. The second-order valence-electron chi connectivity index (χ2n) is 4.49. The molecule has 2 N–H and O–H groups in total. The topological polar surface area (TPSA) is 58.2 Å². The molecule has 4 nitrogen and oxygen atoms in total. The van der Waals surface area contributed by atoms with E-state index in [0.717, 1.165) is 5.56 Å². The van der Waals surface area contributed by atoms with Gasteiger partial charge in [0.15, 0.2) is 0 Å². The summed E-state index contributed by atoms with van der Waals surface area (Å²) in [6, 6.07) is 10.1. The maximum Gasteiger partial charge on any atom is 0.314 e. The van der Waals surface area contributed by atoms with Crippen molar-refractivity contribution in [2.24, 2.45) is 0 Å². The average Bonchev–Trinajstić information content (AvgIpc) is 2.46. The number of halogens is 3. The van der Waals surface area contributed by atoms with Gasteiger partial charge in [0.05, 0.1) is 21.4 Å². The Morgan fingerprint density at radius 3 is 2.27 bits per heavy atom. The van der Waals surface area contributed by atoms with E-state index in [1.165, 1.54) is 0 Å². The van der Waals surface area contributed by atoms with E-state index in [4.69, 9.17) is 23.2 Å². The molecule has 2 amide bonds. The molecule has 0 saturated carbocycles. The number of rotatable bonds is 2. The lowest BCUT2D eigenvalue weighted by molar-refractivity contribution is -0.133. The van der Waals surface area contributed by atoms with E-state index in [-0.39, 0.29) is 10.7 Å². The minimum absolute atomic E-state index is 0.182. The zero-order valence-electron chi connectivity index (χ0n) is 11.4. The van der Waals surface area contributed by atoms with Crippen LogP contribution < -0.4 is 10.6 Å². The summed E-state index contributed by atoms with van der Waals surface area (Å²) in [4.78, 5) is 23.8. The monoisotopic (exact) mass is 400 g/mol. The van der Waals surface area contributed by atoms with Crippen LogP contribution in [0.4, 0.5) is 11.4 Å². The van der Waals surface area contributed by atoms with Crippen LogP contribution in [0.5, 0.6) is 0 Å². The van der Waals surface area contributed by atoms with Crippen LogP contribution in [0.15, 0.2) is 40.9 Å². The van der Waals surface area contributed by atoms with Crippen molar-refractivity contribution in [2.75, 3.05) is 10.6 Å². The molecule has 0 heterocycles. The molecule has 0 saturated heterocycles. The Morgan fingerprint density at radius 2 is 1.64 bits per heavy atom. The Labute approximate surface area is 145 Å². The van der Waals surface area contributed by atoms with Crippen molar-refractivity contribution >= 4 is 62.3 Å². The molecule has 7 heteroatoms. The minimum atomic E-state index is -0.836. The number of hydrogen-bond acceptors (Lipinski definition) is 2. The lowest BCUT2D eigenvalue weighted by Crippen LogP contribution is -2.29. The van der Waals surface area contributed by atoms with Crippen molar-refractivity contribution < 1.29 is 9.59 Å². The van der Waals surface area contributed by atoms with Crippen molar-refractivity contribution in [3.8, 4) is 0 Å². The number of aryl methyl sites for hydroxylation is 1. The molecule has 0 fully saturated rings. The zero-order chi connectivity index (χ0) is 16.3. The quantitative estimate of drug-likeness (QED) is 0.720. The number of amides is 2. The first-order valence-corrected chi connectivity index (χ1v) is 7.76. The lowest BCUT2D eigenvalue weighted by atomic mass is 10.2. The van der Waals surface area contributed by atoms with Gasteiger partial charge in [-0.15, -0.1) is 0 Å². The number of carbonyl (C=O) groups is 2. The second kappa shape index (κ2) is 7.13. The van der Waals surface area contributed by atoms with Crippen LogP contribution in [0.1, 0.15) is 5.56 Å². The summed E-state index contributed by atoms with van der Waals surface area (Å²) in [5.74, 6) is -1.64. The Balaban J connectivity index is 2.09. The molecule has 0 aromatic heterocycles. The summed E-state index contributed by atoms with van der Waals surface area (Å²) in [5, 5.41) is 5.41. The van der Waals surface area contributed by atoms with Gasteiger partial charge in [-0.3, -0.25) is 9.59 Å². The van der Waals surface area contributed by atoms with Gasteiger partial charge in [0.1, 0.15) is 0 Å². The molecule has 2 aromatic carbocycles. The third-order valence-corrected chi connectivity index (χ3v) is 4.25. The predicted octanol–water partition coefficient (Wildman–Crippen LogP) is 4.64. The van der Waals surface area contributed by atoms with Crippen molar-refractivity contribution in [2.45, 2.75) is 6.92 Å². The Morgan fingerprint density at radius 1 is 1.00 bits per heavy atom. The molecule has 114 valence electrons. The number of anilines is 2. The van der Waals surface area contributed by atoms with Gasteiger partial charge in [-0.25, -0.2) is 0 Å². The highest BCUT2D eigenvalue weighted by atomic mass is 79.9. The molecule has 2 aromatic rings. The largest absolute Gasteiger partial charge is 0.317 e. The zero-order valence-corrected chi connectivity index (χ0v) is 14.5. The summed E-state index contributed by atoms with van der Waals surface area (Å²) in [6.45, 7) is 1.92. The van der Waals surface area contributed by atoms with Gasteiger partial charge in [0, 0.05) is 4.47 Å². The molecular formula is C15H11BrCl2N2O2. The standard InChI is InChI=1S/C15H11BrCl2N2O2/c1-8-5-6-11(9(16)7-8)19-14(21)15(22)20-12-4-2-3-10(17)13(12)18/h2-7H,1H3,(H,19,21)(H,20,22). The summed E-state index contributed by atoms with van der Waals surface area (Å²) in [7, 11) is 0. The molecule has 0 atom stereocenters. The normalized spacial score (nSPS) is 10.2. The van der Waals surface area contributed by atoms with E-state index in [9.17, 15) is 9.59 Å². The summed E-state index contributed by atoms with van der Waals surface area (Å²) >= 11 is 15.1. The van der Waals surface area contributed by atoms with Crippen LogP contribution in [0.2, 0.25) is 10.0 Å². The maximum atomic E-state index is 11.9. The van der Waals surface area contributed by atoms with Crippen molar-refractivity contribution in [3.05, 3.63) is 56.5 Å². The van der Waals surface area contributed by atoms with E-state index >= 15 is 0 Å².